The molecular weight excluding hydrogens is 277 g/mol. The van der Waals surface area contributed by atoms with Gasteiger partial charge in [0.05, 0.1) is 0 Å². The molecule has 1 aliphatic rings. The van der Waals surface area contributed by atoms with E-state index in [0.29, 0.717) is 11.4 Å². The molecule has 2 rings (SSSR count). The lowest BCUT2D eigenvalue weighted by Crippen LogP contribution is -2.20. The number of hydrogen-bond donors (Lipinski definition) is 1. The number of rotatable bonds is 3. The number of carbonyl (C=O) groups excluding carboxylic acids is 1. The van der Waals surface area contributed by atoms with Gasteiger partial charge in [0.2, 0.25) is 5.91 Å². The highest BCUT2D eigenvalue weighted by molar-refractivity contribution is 9.10. The Kier molecular flexibility index (Phi) is 2.77. The van der Waals surface area contributed by atoms with Gasteiger partial charge in [-0.3, -0.25) is 4.79 Å². The van der Waals surface area contributed by atoms with E-state index < -0.39 is 0 Å². The van der Waals surface area contributed by atoms with Crippen LogP contribution in [0.4, 0.5) is 0 Å². The monoisotopic (exact) mass is 287 g/mol. The average molecular weight is 289 g/mol. The Hall–Kier alpha value is -0.540. The molecule has 15 heavy (non-hydrogen) atoms. The Morgan fingerprint density at radius 2 is 2.20 bits per heavy atom. The molecule has 0 spiro atoms. The summed E-state index contributed by atoms with van der Waals surface area (Å²) in [6, 6.07) is 5.78. The molecule has 0 saturated heterocycles. The summed E-state index contributed by atoms with van der Waals surface area (Å²) in [5, 5.41) is 0.711. The number of carbonyl (C=O) groups is 1. The lowest BCUT2D eigenvalue weighted by atomic mass is 9.92. The third kappa shape index (κ3) is 2.18. The molecule has 1 amide bonds. The van der Waals surface area contributed by atoms with Crippen molar-refractivity contribution in [1.29, 1.82) is 0 Å². The van der Waals surface area contributed by atoms with Gasteiger partial charge >= 0.3 is 0 Å². The van der Waals surface area contributed by atoms with Crippen molar-refractivity contribution in [3.05, 3.63) is 33.3 Å². The van der Waals surface area contributed by atoms with Crippen LogP contribution in [0, 0.1) is 0 Å². The Morgan fingerprint density at radius 3 is 2.67 bits per heavy atom. The average Bonchev–Trinajstić information content (AvgIpc) is 2.83. The van der Waals surface area contributed by atoms with E-state index in [9.17, 15) is 4.79 Å². The predicted octanol–water partition coefficient (Wildman–Crippen LogP) is 3.01. The summed E-state index contributed by atoms with van der Waals surface area (Å²) in [6.07, 6.45) is 2.39. The molecule has 1 fully saturated rings. The molecule has 0 atom stereocenters. The second-order valence-corrected chi connectivity index (χ2v) is 5.37. The number of benzene rings is 1. The molecule has 2 N–H and O–H groups in total. The normalized spacial score (nSPS) is 17.5. The number of hydrogen-bond acceptors (Lipinski definition) is 1. The predicted molar refractivity (Wildman–Crippen MR) is 63.9 cm³/mol. The lowest BCUT2D eigenvalue weighted by molar-refractivity contribution is -0.118. The van der Waals surface area contributed by atoms with Crippen molar-refractivity contribution >= 4 is 33.4 Å². The van der Waals surface area contributed by atoms with Crippen LogP contribution in [0.5, 0.6) is 0 Å². The summed E-state index contributed by atoms with van der Waals surface area (Å²) in [4.78, 5) is 11.0. The largest absolute Gasteiger partial charge is 0.370 e. The molecule has 80 valence electrons. The first-order chi connectivity index (χ1) is 7.03. The van der Waals surface area contributed by atoms with E-state index in [0.717, 1.165) is 22.9 Å². The van der Waals surface area contributed by atoms with Crippen LogP contribution in [0.2, 0.25) is 5.02 Å². The van der Waals surface area contributed by atoms with E-state index in [1.54, 1.807) is 0 Å². The molecule has 1 aliphatic carbocycles. The first-order valence-electron chi connectivity index (χ1n) is 4.77. The van der Waals surface area contributed by atoms with Gasteiger partial charge in [0.1, 0.15) is 0 Å². The lowest BCUT2D eigenvalue weighted by Gasteiger charge is -2.15. The van der Waals surface area contributed by atoms with Crippen LogP contribution in [0.15, 0.2) is 22.7 Å². The minimum Gasteiger partial charge on any atom is -0.370 e. The Balaban J connectivity index is 2.33. The molecule has 0 aliphatic heterocycles. The first-order valence-corrected chi connectivity index (χ1v) is 5.94. The molecule has 1 saturated carbocycles. The fourth-order valence-corrected chi connectivity index (χ4v) is 2.82. The summed E-state index contributed by atoms with van der Waals surface area (Å²) in [6.45, 7) is 0. The minimum atomic E-state index is -0.258. The molecular formula is C11H11BrClNO. The van der Waals surface area contributed by atoms with Crippen LogP contribution in [0.1, 0.15) is 24.8 Å². The van der Waals surface area contributed by atoms with Gasteiger partial charge in [-0.15, -0.1) is 0 Å². The molecule has 4 heteroatoms. The van der Waals surface area contributed by atoms with Gasteiger partial charge in [0.15, 0.2) is 0 Å². The molecule has 2 nitrogen and oxygen atoms in total. The quantitative estimate of drug-likeness (QED) is 0.913. The van der Waals surface area contributed by atoms with E-state index >= 15 is 0 Å². The van der Waals surface area contributed by atoms with E-state index in [2.05, 4.69) is 15.9 Å². The minimum absolute atomic E-state index is 0.0797. The summed E-state index contributed by atoms with van der Waals surface area (Å²) in [7, 11) is 0. The van der Waals surface area contributed by atoms with Gasteiger partial charge < -0.3 is 5.73 Å². The van der Waals surface area contributed by atoms with Gasteiger partial charge in [0, 0.05) is 21.3 Å². The SMILES string of the molecule is NC(=O)CC1(c2ccc(Br)cc2Cl)CC1. The van der Waals surface area contributed by atoms with Gasteiger partial charge in [-0.1, -0.05) is 33.6 Å². The molecule has 1 aromatic carbocycles. The van der Waals surface area contributed by atoms with Gasteiger partial charge in [-0.2, -0.15) is 0 Å². The maximum Gasteiger partial charge on any atom is 0.218 e. The van der Waals surface area contributed by atoms with Crippen LogP contribution in [-0.4, -0.2) is 5.91 Å². The highest BCUT2D eigenvalue weighted by Gasteiger charge is 2.46. The van der Waals surface area contributed by atoms with Crippen molar-refractivity contribution in [1.82, 2.24) is 0 Å². The fraction of sp³-hybridized carbons (Fsp3) is 0.364. The summed E-state index contributed by atoms with van der Waals surface area (Å²) >= 11 is 9.51. The Morgan fingerprint density at radius 1 is 1.53 bits per heavy atom. The second-order valence-electron chi connectivity index (χ2n) is 4.05. The Labute approximate surface area is 102 Å². The standard InChI is InChI=1S/C11H11BrClNO/c12-7-1-2-8(9(13)5-7)11(3-4-11)6-10(14)15/h1-2,5H,3-4,6H2,(H2,14,15). The number of halogens is 2. The van der Waals surface area contributed by atoms with Crippen molar-refractivity contribution in [2.45, 2.75) is 24.7 Å². The molecule has 1 aromatic rings. The van der Waals surface area contributed by atoms with Gasteiger partial charge in [-0.05, 0) is 30.5 Å². The number of primary amides is 1. The van der Waals surface area contributed by atoms with Crippen molar-refractivity contribution < 1.29 is 4.79 Å². The van der Waals surface area contributed by atoms with E-state index in [-0.39, 0.29) is 11.3 Å². The van der Waals surface area contributed by atoms with Crippen LogP contribution in [0.25, 0.3) is 0 Å². The maximum absolute atomic E-state index is 11.0. The van der Waals surface area contributed by atoms with Crippen LogP contribution in [-0.2, 0) is 10.2 Å². The van der Waals surface area contributed by atoms with E-state index in [1.807, 2.05) is 18.2 Å². The first kappa shape index (κ1) is 11.0. The summed E-state index contributed by atoms with van der Waals surface area (Å²) in [5.41, 5.74) is 6.21. The summed E-state index contributed by atoms with van der Waals surface area (Å²) in [5.74, 6) is -0.258. The van der Waals surface area contributed by atoms with Crippen molar-refractivity contribution in [3.63, 3.8) is 0 Å². The molecule has 0 unspecified atom stereocenters. The van der Waals surface area contributed by atoms with Crippen LogP contribution in [0.3, 0.4) is 0 Å². The molecule has 0 bridgehead atoms. The van der Waals surface area contributed by atoms with Crippen LogP contribution < -0.4 is 5.73 Å². The fourth-order valence-electron chi connectivity index (χ4n) is 1.95. The highest BCUT2D eigenvalue weighted by Crippen LogP contribution is 2.53. The number of nitrogens with two attached hydrogens (primary N) is 1. The topological polar surface area (TPSA) is 43.1 Å². The number of amides is 1. The van der Waals surface area contributed by atoms with Gasteiger partial charge in [0.25, 0.3) is 0 Å². The van der Waals surface area contributed by atoms with Crippen molar-refractivity contribution in [2.75, 3.05) is 0 Å². The van der Waals surface area contributed by atoms with E-state index in [1.165, 1.54) is 0 Å². The van der Waals surface area contributed by atoms with E-state index in [4.69, 9.17) is 17.3 Å². The molecule has 0 aromatic heterocycles. The third-order valence-corrected chi connectivity index (χ3v) is 3.67. The summed E-state index contributed by atoms with van der Waals surface area (Å²) < 4.78 is 0.950. The molecule has 0 radical (unpaired) electrons. The zero-order chi connectivity index (χ0) is 11.1. The van der Waals surface area contributed by atoms with Gasteiger partial charge in [-0.25, -0.2) is 0 Å². The van der Waals surface area contributed by atoms with Crippen LogP contribution >= 0.6 is 27.5 Å². The zero-order valence-electron chi connectivity index (χ0n) is 8.09. The maximum atomic E-state index is 11.0. The third-order valence-electron chi connectivity index (χ3n) is 2.87. The highest BCUT2D eigenvalue weighted by atomic mass is 79.9. The smallest absolute Gasteiger partial charge is 0.218 e. The Bertz CT molecular complexity index is 415. The molecule has 0 heterocycles. The second kappa shape index (κ2) is 3.80. The van der Waals surface area contributed by atoms with Crippen molar-refractivity contribution in [2.24, 2.45) is 5.73 Å². The van der Waals surface area contributed by atoms with Crippen molar-refractivity contribution in [3.8, 4) is 0 Å². The zero-order valence-corrected chi connectivity index (χ0v) is 10.4.